The smallest absolute Gasteiger partial charge is 0.326 e. The van der Waals surface area contributed by atoms with Gasteiger partial charge in [-0.2, -0.15) is 13.2 Å². The number of rotatable bonds is 2. The maximum absolute atomic E-state index is 12.7. The van der Waals surface area contributed by atoms with Crippen LogP contribution in [0.5, 0.6) is 0 Å². The molecular formula is C18H15F3N2O2. The van der Waals surface area contributed by atoms with Crippen LogP contribution in [0.4, 0.5) is 24.5 Å². The molecule has 130 valence electrons. The van der Waals surface area contributed by atoms with E-state index < -0.39 is 17.6 Å². The van der Waals surface area contributed by atoms with Crippen LogP contribution in [-0.2, 0) is 17.4 Å². The first-order chi connectivity index (χ1) is 11.8. The molecule has 0 saturated carbocycles. The van der Waals surface area contributed by atoms with E-state index in [0.717, 1.165) is 17.7 Å². The highest BCUT2D eigenvalue weighted by atomic mass is 19.4. The van der Waals surface area contributed by atoms with Crippen LogP contribution in [0.25, 0.3) is 0 Å². The Morgan fingerprint density at radius 2 is 1.88 bits per heavy atom. The van der Waals surface area contributed by atoms with Gasteiger partial charge >= 0.3 is 6.18 Å². The standard InChI is InChI=1S/C18H15F3N2O2/c19-18(20,21)13-4-2-5-14(10-13)22-17(25)12-7-8-15-11(9-12)3-1-6-16(24)23-15/h2,4-5,7-10H,1,3,6H2,(H,22,25)(H,23,24). The minimum Gasteiger partial charge on any atom is -0.326 e. The summed E-state index contributed by atoms with van der Waals surface area (Å²) in [6.07, 6.45) is -2.72. The van der Waals surface area contributed by atoms with Crippen molar-refractivity contribution >= 4 is 23.2 Å². The van der Waals surface area contributed by atoms with Gasteiger partial charge in [-0.15, -0.1) is 0 Å². The van der Waals surface area contributed by atoms with Crippen molar-refractivity contribution in [2.24, 2.45) is 0 Å². The highest BCUT2D eigenvalue weighted by Crippen LogP contribution is 2.31. The van der Waals surface area contributed by atoms with E-state index in [0.29, 0.717) is 30.5 Å². The molecule has 0 bridgehead atoms. The quantitative estimate of drug-likeness (QED) is 0.853. The molecule has 1 heterocycles. The monoisotopic (exact) mass is 348 g/mol. The first-order valence-corrected chi connectivity index (χ1v) is 7.74. The van der Waals surface area contributed by atoms with E-state index >= 15 is 0 Å². The van der Waals surface area contributed by atoms with E-state index in [2.05, 4.69) is 10.6 Å². The normalized spacial score (nSPS) is 14.3. The number of aryl methyl sites for hydroxylation is 1. The Morgan fingerprint density at radius 3 is 2.64 bits per heavy atom. The van der Waals surface area contributed by atoms with Crippen LogP contribution in [0.3, 0.4) is 0 Å². The van der Waals surface area contributed by atoms with Gasteiger partial charge in [0.2, 0.25) is 5.91 Å². The largest absolute Gasteiger partial charge is 0.416 e. The number of halogens is 3. The van der Waals surface area contributed by atoms with Crippen molar-refractivity contribution in [1.82, 2.24) is 0 Å². The average Bonchev–Trinajstić information content (AvgIpc) is 2.74. The predicted octanol–water partition coefficient (Wildman–Crippen LogP) is 4.23. The summed E-state index contributed by atoms with van der Waals surface area (Å²) in [7, 11) is 0. The van der Waals surface area contributed by atoms with E-state index in [9.17, 15) is 22.8 Å². The highest BCUT2D eigenvalue weighted by Gasteiger charge is 2.30. The van der Waals surface area contributed by atoms with Crippen LogP contribution < -0.4 is 10.6 Å². The van der Waals surface area contributed by atoms with Crippen molar-refractivity contribution in [2.75, 3.05) is 10.6 Å². The molecule has 0 unspecified atom stereocenters. The number of alkyl halides is 3. The summed E-state index contributed by atoms with van der Waals surface area (Å²) in [4.78, 5) is 23.9. The Kier molecular flexibility index (Phi) is 4.48. The second-order valence-electron chi connectivity index (χ2n) is 5.81. The van der Waals surface area contributed by atoms with E-state index in [-0.39, 0.29) is 11.6 Å². The third-order valence-electron chi connectivity index (χ3n) is 3.94. The second-order valence-corrected chi connectivity index (χ2v) is 5.81. The Hall–Kier alpha value is -2.83. The van der Waals surface area contributed by atoms with E-state index in [1.54, 1.807) is 12.1 Å². The van der Waals surface area contributed by atoms with Gasteiger partial charge in [0.1, 0.15) is 0 Å². The summed E-state index contributed by atoms with van der Waals surface area (Å²) >= 11 is 0. The number of amides is 2. The van der Waals surface area contributed by atoms with Crippen molar-refractivity contribution in [3.05, 3.63) is 59.2 Å². The summed E-state index contributed by atoms with van der Waals surface area (Å²) in [5, 5.41) is 5.24. The Morgan fingerprint density at radius 1 is 1.08 bits per heavy atom. The zero-order valence-corrected chi connectivity index (χ0v) is 13.1. The third kappa shape index (κ3) is 3.99. The molecule has 0 aliphatic carbocycles. The molecule has 25 heavy (non-hydrogen) atoms. The first-order valence-electron chi connectivity index (χ1n) is 7.74. The Labute approximate surface area is 142 Å². The maximum atomic E-state index is 12.7. The van der Waals surface area contributed by atoms with Gasteiger partial charge in [0.25, 0.3) is 5.91 Å². The molecule has 7 heteroatoms. The van der Waals surface area contributed by atoms with Gasteiger partial charge in [-0.1, -0.05) is 6.07 Å². The predicted molar refractivity (Wildman–Crippen MR) is 87.4 cm³/mol. The number of benzene rings is 2. The molecular weight excluding hydrogens is 333 g/mol. The molecule has 0 spiro atoms. The zero-order valence-electron chi connectivity index (χ0n) is 13.1. The topological polar surface area (TPSA) is 58.2 Å². The molecule has 1 aliphatic rings. The van der Waals surface area contributed by atoms with Crippen molar-refractivity contribution < 1.29 is 22.8 Å². The molecule has 0 fully saturated rings. The summed E-state index contributed by atoms with van der Waals surface area (Å²) in [5.41, 5.74) is 1.07. The van der Waals surface area contributed by atoms with Crippen molar-refractivity contribution in [3.8, 4) is 0 Å². The van der Waals surface area contributed by atoms with Crippen molar-refractivity contribution in [2.45, 2.75) is 25.4 Å². The number of nitrogens with one attached hydrogen (secondary N) is 2. The fourth-order valence-electron chi connectivity index (χ4n) is 2.69. The molecule has 0 saturated heterocycles. The van der Waals surface area contributed by atoms with Gasteiger partial charge in [0.15, 0.2) is 0 Å². The molecule has 0 radical (unpaired) electrons. The molecule has 2 N–H and O–H groups in total. The molecule has 0 aromatic heterocycles. The first kappa shape index (κ1) is 17.0. The highest BCUT2D eigenvalue weighted by molar-refractivity contribution is 6.05. The molecule has 2 aromatic rings. The second kappa shape index (κ2) is 6.58. The van der Waals surface area contributed by atoms with Gasteiger partial charge in [0.05, 0.1) is 5.56 Å². The Bertz CT molecular complexity index is 831. The Balaban J connectivity index is 1.80. The molecule has 1 aliphatic heterocycles. The molecule has 2 amide bonds. The van der Waals surface area contributed by atoms with Crippen molar-refractivity contribution in [1.29, 1.82) is 0 Å². The maximum Gasteiger partial charge on any atom is 0.416 e. The van der Waals surface area contributed by atoms with E-state index in [4.69, 9.17) is 0 Å². The number of fused-ring (bicyclic) bond motifs is 1. The lowest BCUT2D eigenvalue weighted by Crippen LogP contribution is -2.14. The van der Waals surface area contributed by atoms with Gasteiger partial charge < -0.3 is 10.6 Å². The molecule has 0 atom stereocenters. The fraction of sp³-hybridized carbons (Fsp3) is 0.222. The minimum atomic E-state index is -4.47. The van der Waals surface area contributed by atoms with Gasteiger partial charge in [0, 0.05) is 23.4 Å². The summed E-state index contributed by atoms with van der Waals surface area (Å²) < 4.78 is 38.2. The SMILES string of the molecule is O=C1CCCc2cc(C(=O)Nc3cccc(C(F)(F)F)c3)ccc2N1. The molecule has 3 rings (SSSR count). The van der Waals surface area contributed by atoms with E-state index in [1.165, 1.54) is 18.2 Å². The number of carbonyl (C=O) groups excluding carboxylic acids is 2. The van der Waals surface area contributed by atoms with Crippen LogP contribution >= 0.6 is 0 Å². The summed E-state index contributed by atoms with van der Waals surface area (Å²) in [5.74, 6) is -0.572. The molecule has 2 aromatic carbocycles. The van der Waals surface area contributed by atoms with Crippen LogP contribution in [0.1, 0.15) is 34.3 Å². The molecule has 4 nitrogen and oxygen atoms in total. The average molecular weight is 348 g/mol. The third-order valence-corrected chi connectivity index (χ3v) is 3.94. The number of carbonyl (C=O) groups is 2. The number of hydrogen-bond acceptors (Lipinski definition) is 2. The number of hydrogen-bond donors (Lipinski definition) is 2. The summed E-state index contributed by atoms with van der Waals surface area (Å²) in [6, 6.07) is 9.31. The lowest BCUT2D eigenvalue weighted by molar-refractivity contribution is -0.137. The van der Waals surface area contributed by atoms with Crippen LogP contribution in [0, 0.1) is 0 Å². The van der Waals surface area contributed by atoms with Gasteiger partial charge in [-0.25, -0.2) is 0 Å². The minimum absolute atomic E-state index is 0.0695. The van der Waals surface area contributed by atoms with Crippen molar-refractivity contribution in [3.63, 3.8) is 0 Å². The van der Waals surface area contributed by atoms with Gasteiger partial charge in [-0.05, 0) is 54.8 Å². The van der Waals surface area contributed by atoms with Crippen LogP contribution in [0.2, 0.25) is 0 Å². The van der Waals surface area contributed by atoms with Crippen LogP contribution in [0.15, 0.2) is 42.5 Å². The van der Waals surface area contributed by atoms with E-state index in [1.807, 2.05) is 0 Å². The number of anilines is 2. The lowest BCUT2D eigenvalue weighted by Gasteiger charge is -2.11. The zero-order chi connectivity index (χ0) is 18.0. The van der Waals surface area contributed by atoms with Crippen LogP contribution in [-0.4, -0.2) is 11.8 Å². The van der Waals surface area contributed by atoms with Gasteiger partial charge in [-0.3, -0.25) is 9.59 Å². The lowest BCUT2D eigenvalue weighted by atomic mass is 10.0. The fourth-order valence-corrected chi connectivity index (χ4v) is 2.69. The summed E-state index contributed by atoms with van der Waals surface area (Å²) in [6.45, 7) is 0.